The number of nitriles is 1. The third-order valence-corrected chi connectivity index (χ3v) is 7.44. The van der Waals surface area contributed by atoms with Gasteiger partial charge in [0, 0.05) is 22.7 Å². The molecule has 1 heterocycles. The topological polar surface area (TPSA) is 70.7 Å². The van der Waals surface area contributed by atoms with E-state index in [1.165, 1.54) is 10.6 Å². The predicted molar refractivity (Wildman–Crippen MR) is 140 cm³/mol. The average molecular weight is 573 g/mol. The minimum Gasteiger partial charge on any atom is -0.324 e. The maximum Gasteiger partial charge on any atom is 0.418 e. The smallest absolute Gasteiger partial charge is 0.324 e. The van der Waals surface area contributed by atoms with Gasteiger partial charge in [0.15, 0.2) is 11.6 Å². The number of amides is 1. The largest absolute Gasteiger partial charge is 0.418 e. The van der Waals surface area contributed by atoms with Crippen LogP contribution in [0.15, 0.2) is 54.6 Å². The van der Waals surface area contributed by atoms with E-state index in [4.69, 9.17) is 16.9 Å². The summed E-state index contributed by atoms with van der Waals surface area (Å²) in [6, 6.07) is 11.8. The number of alkyl halides is 3. The molecule has 1 saturated carbocycles. The number of anilines is 1. The summed E-state index contributed by atoms with van der Waals surface area (Å²) in [5.74, 6) is -3.13. The fourth-order valence-corrected chi connectivity index (χ4v) is 5.46. The van der Waals surface area contributed by atoms with Crippen molar-refractivity contribution < 1.29 is 26.7 Å². The molecule has 5 rings (SSSR count). The van der Waals surface area contributed by atoms with E-state index in [1.54, 1.807) is 30.3 Å². The van der Waals surface area contributed by atoms with Crippen LogP contribution in [-0.2, 0) is 11.0 Å². The first-order chi connectivity index (χ1) is 19.1. The highest BCUT2D eigenvalue weighted by molar-refractivity contribution is 6.30. The Balaban J connectivity index is 1.70. The summed E-state index contributed by atoms with van der Waals surface area (Å²) in [7, 11) is 0. The highest BCUT2D eigenvalue weighted by Gasteiger charge is 2.38. The van der Waals surface area contributed by atoms with E-state index in [0.717, 1.165) is 37.5 Å². The molecular weight excluding hydrogens is 551 g/mol. The molecule has 1 fully saturated rings. The minimum absolute atomic E-state index is 0.0896. The zero-order chi connectivity index (χ0) is 28.6. The number of fused-ring (bicyclic) bond motifs is 1. The molecular formula is C29H22ClF5N4O. The lowest BCUT2D eigenvalue weighted by Crippen LogP contribution is -2.34. The van der Waals surface area contributed by atoms with Crippen LogP contribution in [0, 0.1) is 28.9 Å². The third kappa shape index (κ3) is 5.39. The van der Waals surface area contributed by atoms with E-state index in [1.807, 2.05) is 0 Å². The first kappa shape index (κ1) is 27.6. The number of rotatable bonds is 5. The molecule has 1 aliphatic rings. The van der Waals surface area contributed by atoms with Crippen molar-refractivity contribution in [2.24, 2.45) is 5.92 Å². The predicted octanol–water partition coefficient (Wildman–Crippen LogP) is 8.29. The van der Waals surface area contributed by atoms with Crippen LogP contribution in [0.3, 0.4) is 0 Å². The summed E-state index contributed by atoms with van der Waals surface area (Å²) < 4.78 is 71.9. The van der Waals surface area contributed by atoms with Gasteiger partial charge in [-0.25, -0.2) is 13.8 Å². The van der Waals surface area contributed by atoms with Gasteiger partial charge in [-0.05, 0) is 61.2 Å². The van der Waals surface area contributed by atoms with Gasteiger partial charge in [0.05, 0.1) is 33.9 Å². The van der Waals surface area contributed by atoms with Crippen molar-refractivity contribution >= 4 is 34.2 Å². The molecule has 40 heavy (non-hydrogen) atoms. The molecule has 0 radical (unpaired) electrons. The summed E-state index contributed by atoms with van der Waals surface area (Å²) in [5, 5.41) is 12.0. The summed E-state index contributed by atoms with van der Waals surface area (Å²) in [6.07, 6.45) is -1.11. The van der Waals surface area contributed by atoms with Crippen molar-refractivity contribution in [2.75, 3.05) is 5.32 Å². The van der Waals surface area contributed by atoms with Gasteiger partial charge in [-0.1, -0.05) is 30.9 Å². The molecule has 206 valence electrons. The molecule has 0 saturated heterocycles. The lowest BCUT2D eigenvalue weighted by Gasteiger charge is -2.32. The molecule has 0 spiro atoms. The summed E-state index contributed by atoms with van der Waals surface area (Å²) >= 11 is 6.05. The number of nitrogens with one attached hydrogen (secondary N) is 1. The van der Waals surface area contributed by atoms with E-state index in [9.17, 15) is 26.7 Å². The van der Waals surface area contributed by atoms with Gasteiger partial charge in [0.25, 0.3) is 0 Å². The van der Waals surface area contributed by atoms with Crippen LogP contribution in [0.5, 0.6) is 0 Å². The van der Waals surface area contributed by atoms with Gasteiger partial charge < -0.3 is 9.88 Å². The number of carbonyl (C=O) groups excluding carboxylic acids is 1. The van der Waals surface area contributed by atoms with Crippen molar-refractivity contribution in [1.82, 2.24) is 9.55 Å². The van der Waals surface area contributed by atoms with E-state index < -0.39 is 41.0 Å². The lowest BCUT2D eigenvalue weighted by molar-refractivity contribution is -0.137. The zero-order valence-electron chi connectivity index (χ0n) is 20.9. The average Bonchev–Trinajstić information content (AvgIpc) is 3.27. The normalized spacial score (nSPS) is 15.1. The fourth-order valence-electron chi connectivity index (χ4n) is 5.33. The Morgan fingerprint density at radius 2 is 1.70 bits per heavy atom. The molecule has 1 aliphatic carbocycles. The second kappa shape index (κ2) is 10.9. The number of carbonyl (C=O) groups is 1. The van der Waals surface area contributed by atoms with Crippen LogP contribution in [0.1, 0.15) is 49.3 Å². The molecule has 3 aromatic carbocycles. The van der Waals surface area contributed by atoms with Crippen LogP contribution in [0.25, 0.3) is 22.4 Å². The molecule has 11 heteroatoms. The number of hydrogen-bond acceptors (Lipinski definition) is 3. The maximum atomic E-state index is 14.5. The second-order valence-electron chi connectivity index (χ2n) is 9.77. The van der Waals surface area contributed by atoms with E-state index in [-0.39, 0.29) is 28.3 Å². The second-order valence-corrected chi connectivity index (χ2v) is 10.2. The Morgan fingerprint density at radius 3 is 2.35 bits per heavy atom. The number of aromatic nitrogens is 2. The van der Waals surface area contributed by atoms with Gasteiger partial charge in [0.2, 0.25) is 5.91 Å². The molecule has 1 N–H and O–H groups in total. The Bertz CT molecular complexity index is 1620. The molecule has 1 aromatic heterocycles. The quantitative estimate of drug-likeness (QED) is 0.245. The summed E-state index contributed by atoms with van der Waals surface area (Å²) in [5.41, 5.74) is -1.16. The van der Waals surface area contributed by atoms with Crippen LogP contribution in [0.2, 0.25) is 5.02 Å². The SMILES string of the molecule is N#Cc1ccc(NC(=O)C(C2CCCCC2)n2c(-c3ccc(Cl)cc3)nc3cc(F)c(F)cc32)c(C(F)(F)F)c1. The monoisotopic (exact) mass is 572 g/mol. The van der Waals surface area contributed by atoms with Gasteiger partial charge >= 0.3 is 6.18 Å². The molecule has 0 aliphatic heterocycles. The standard InChI is InChI=1S/C29H22ClF5N4O/c30-19-9-7-18(8-10-19)27-37-24-13-21(31)22(32)14-25(24)39(27)26(17-4-2-1-3-5-17)28(40)38-23-11-6-16(15-36)12-20(23)29(33,34)35/h6-14,17,26H,1-5H2,(H,38,40). The Morgan fingerprint density at radius 1 is 1.02 bits per heavy atom. The van der Waals surface area contributed by atoms with Crippen molar-refractivity contribution in [3.63, 3.8) is 0 Å². The van der Waals surface area contributed by atoms with Gasteiger partial charge in [-0.2, -0.15) is 18.4 Å². The first-order valence-corrected chi connectivity index (χ1v) is 13.0. The van der Waals surface area contributed by atoms with E-state index in [2.05, 4.69) is 10.3 Å². The van der Waals surface area contributed by atoms with Gasteiger partial charge in [-0.15, -0.1) is 0 Å². The number of halogens is 6. The first-order valence-electron chi connectivity index (χ1n) is 12.6. The molecule has 1 amide bonds. The zero-order valence-corrected chi connectivity index (χ0v) is 21.7. The highest BCUT2D eigenvalue weighted by atomic mass is 35.5. The fraction of sp³-hybridized carbons (Fsp3) is 0.276. The molecule has 5 nitrogen and oxygen atoms in total. The van der Waals surface area contributed by atoms with Crippen molar-refractivity contribution in [3.8, 4) is 17.5 Å². The molecule has 1 atom stereocenters. The number of benzene rings is 3. The Kier molecular flexibility index (Phi) is 7.51. The van der Waals surface area contributed by atoms with E-state index in [0.29, 0.717) is 29.5 Å². The van der Waals surface area contributed by atoms with Gasteiger partial charge in [0.1, 0.15) is 11.9 Å². The van der Waals surface area contributed by atoms with Crippen LogP contribution in [0.4, 0.5) is 27.6 Å². The number of imidazole rings is 1. The molecule has 0 bridgehead atoms. The van der Waals surface area contributed by atoms with Crippen molar-refractivity contribution in [2.45, 2.75) is 44.3 Å². The van der Waals surface area contributed by atoms with Crippen LogP contribution < -0.4 is 5.32 Å². The Labute approximate surface area is 231 Å². The third-order valence-electron chi connectivity index (χ3n) is 7.19. The Hall–Kier alpha value is -3.97. The van der Waals surface area contributed by atoms with Crippen LogP contribution in [-0.4, -0.2) is 15.5 Å². The highest BCUT2D eigenvalue weighted by Crippen LogP contribution is 2.41. The van der Waals surface area contributed by atoms with Crippen molar-refractivity contribution in [1.29, 1.82) is 5.26 Å². The number of nitrogens with zero attached hydrogens (tertiary/aromatic N) is 3. The summed E-state index contributed by atoms with van der Waals surface area (Å²) in [6.45, 7) is 0. The molecule has 4 aromatic rings. The van der Waals surface area contributed by atoms with Crippen molar-refractivity contribution in [3.05, 3.63) is 82.4 Å². The maximum absolute atomic E-state index is 14.5. The summed E-state index contributed by atoms with van der Waals surface area (Å²) in [4.78, 5) is 18.5. The molecule has 1 unspecified atom stereocenters. The van der Waals surface area contributed by atoms with Gasteiger partial charge in [-0.3, -0.25) is 4.79 Å². The lowest BCUT2D eigenvalue weighted by atomic mass is 9.83. The number of hydrogen-bond donors (Lipinski definition) is 1. The van der Waals surface area contributed by atoms with E-state index >= 15 is 0 Å². The van der Waals surface area contributed by atoms with Crippen LogP contribution >= 0.6 is 11.6 Å². The minimum atomic E-state index is -4.84.